The van der Waals surface area contributed by atoms with E-state index in [2.05, 4.69) is 9.97 Å². The van der Waals surface area contributed by atoms with Crippen molar-refractivity contribution in [2.45, 2.75) is 30.6 Å². The van der Waals surface area contributed by atoms with Gasteiger partial charge in [-0.05, 0) is 41.8 Å². The molecule has 2 aromatic heterocycles. The molecule has 0 bridgehead atoms. The summed E-state index contributed by atoms with van der Waals surface area (Å²) in [7, 11) is -3.94. The fourth-order valence-corrected chi connectivity index (χ4v) is 5.63. The Balaban J connectivity index is 1.47. The number of benzene rings is 3. The van der Waals surface area contributed by atoms with Crippen LogP contribution in [0.25, 0.3) is 22.4 Å². The van der Waals surface area contributed by atoms with E-state index in [0.717, 1.165) is 18.4 Å². The topological polar surface area (TPSA) is 122 Å². The van der Waals surface area contributed by atoms with Crippen molar-refractivity contribution >= 4 is 26.7 Å². The molecule has 2 heterocycles. The van der Waals surface area contributed by atoms with Gasteiger partial charge in [0.1, 0.15) is 28.5 Å². The first-order valence-electron chi connectivity index (χ1n) is 12.4. The lowest BCUT2D eigenvalue weighted by Crippen LogP contribution is -2.05. The summed E-state index contributed by atoms with van der Waals surface area (Å²) in [5, 5.41) is 9.16. The van der Waals surface area contributed by atoms with Crippen molar-refractivity contribution in [1.82, 2.24) is 9.97 Å². The van der Waals surface area contributed by atoms with Crippen LogP contribution in [0.5, 0.6) is 11.5 Å². The number of aromatic amines is 1. The van der Waals surface area contributed by atoms with E-state index < -0.39 is 44.9 Å². The number of carboxylic acids is 1. The zero-order valence-electron chi connectivity index (χ0n) is 21.7. The number of halogens is 3. The van der Waals surface area contributed by atoms with Gasteiger partial charge >= 0.3 is 5.97 Å². The third-order valence-corrected chi connectivity index (χ3v) is 7.77. The van der Waals surface area contributed by atoms with Gasteiger partial charge in [-0.25, -0.2) is 26.6 Å². The highest BCUT2D eigenvalue weighted by Gasteiger charge is 2.25. The summed E-state index contributed by atoms with van der Waals surface area (Å²) in [6, 6.07) is 10.7. The SMILES string of the molecule is C[C@@H](c1coc(-c2cc(Oc3c(F)cc4[nH]ccc4c3S(C)(=O)=O)ccc2F)n1)c1cccc(CCC(=O)O)c1F. The Hall–Kier alpha value is -4.58. The van der Waals surface area contributed by atoms with E-state index in [1.807, 2.05) is 0 Å². The molecule has 0 radical (unpaired) electrons. The second kappa shape index (κ2) is 10.8. The van der Waals surface area contributed by atoms with E-state index >= 15 is 8.78 Å². The molecule has 8 nitrogen and oxygen atoms in total. The summed E-state index contributed by atoms with van der Waals surface area (Å²) in [5.74, 6) is -4.70. The van der Waals surface area contributed by atoms with Gasteiger partial charge in [0.2, 0.25) is 5.89 Å². The number of aliphatic carboxylic acids is 1. The Kier molecular flexibility index (Phi) is 7.35. The largest absolute Gasteiger partial charge is 0.481 e. The van der Waals surface area contributed by atoms with Crippen molar-refractivity contribution in [3.05, 3.63) is 95.3 Å². The van der Waals surface area contributed by atoms with Crippen LogP contribution in [0.3, 0.4) is 0 Å². The van der Waals surface area contributed by atoms with Crippen LogP contribution in [0.1, 0.15) is 36.1 Å². The number of carbonyl (C=O) groups is 1. The van der Waals surface area contributed by atoms with Crippen molar-refractivity contribution in [2.24, 2.45) is 0 Å². The van der Waals surface area contributed by atoms with Crippen LogP contribution < -0.4 is 4.74 Å². The summed E-state index contributed by atoms with van der Waals surface area (Å²) < 4.78 is 81.3. The summed E-state index contributed by atoms with van der Waals surface area (Å²) in [6.45, 7) is 1.67. The molecule has 1 atom stereocenters. The number of hydrogen-bond acceptors (Lipinski definition) is 6. The van der Waals surface area contributed by atoms with E-state index in [-0.39, 0.29) is 62.7 Å². The molecule has 0 spiro atoms. The molecule has 0 aliphatic heterocycles. The number of carboxylic acid groups (broad SMARTS) is 1. The Morgan fingerprint density at radius 2 is 1.90 bits per heavy atom. The highest BCUT2D eigenvalue weighted by Crippen LogP contribution is 2.39. The number of sulfone groups is 1. The molecule has 3 aromatic carbocycles. The van der Waals surface area contributed by atoms with Gasteiger partial charge in [-0.1, -0.05) is 25.1 Å². The molecule has 0 fully saturated rings. The Morgan fingerprint density at radius 1 is 1.12 bits per heavy atom. The fraction of sp³-hybridized carbons (Fsp3) is 0.172. The third kappa shape index (κ3) is 5.55. The van der Waals surface area contributed by atoms with Gasteiger partial charge in [0, 0.05) is 41.8 Å². The van der Waals surface area contributed by atoms with Gasteiger partial charge in [0.05, 0.1) is 11.3 Å². The number of H-pyrrole nitrogens is 1. The number of rotatable bonds is 9. The predicted molar refractivity (Wildman–Crippen MR) is 143 cm³/mol. The molecule has 5 rings (SSSR count). The van der Waals surface area contributed by atoms with Crippen molar-refractivity contribution < 1.29 is 40.6 Å². The summed E-state index contributed by atoms with van der Waals surface area (Å²) in [6.07, 6.45) is 3.43. The molecule has 0 saturated carbocycles. The van der Waals surface area contributed by atoms with E-state index in [1.165, 1.54) is 36.7 Å². The summed E-state index contributed by atoms with van der Waals surface area (Å²) in [4.78, 5) is 17.6. The second-order valence-electron chi connectivity index (χ2n) is 9.48. The first-order chi connectivity index (χ1) is 19.4. The molecule has 0 unspecified atom stereocenters. The van der Waals surface area contributed by atoms with Gasteiger partial charge in [0.15, 0.2) is 21.4 Å². The summed E-state index contributed by atoms with van der Waals surface area (Å²) in [5.41, 5.74) is 0.897. The van der Waals surface area contributed by atoms with Gasteiger partial charge in [0.25, 0.3) is 0 Å². The minimum atomic E-state index is -3.94. The van der Waals surface area contributed by atoms with Crippen LogP contribution in [0.4, 0.5) is 13.2 Å². The number of nitrogens with one attached hydrogen (secondary N) is 1. The average molecular weight is 585 g/mol. The number of aryl methyl sites for hydroxylation is 1. The minimum absolute atomic E-state index is 0.0163. The number of oxazole rings is 1. The number of nitrogens with zero attached hydrogens (tertiary/aromatic N) is 1. The van der Waals surface area contributed by atoms with Crippen LogP contribution in [-0.4, -0.2) is 35.7 Å². The van der Waals surface area contributed by atoms with Gasteiger partial charge in [-0.2, -0.15) is 0 Å². The highest BCUT2D eigenvalue weighted by molar-refractivity contribution is 7.91. The maximum absolute atomic E-state index is 15.1. The van der Waals surface area contributed by atoms with Crippen LogP contribution >= 0.6 is 0 Å². The van der Waals surface area contributed by atoms with Crippen molar-refractivity contribution in [1.29, 1.82) is 0 Å². The zero-order chi connectivity index (χ0) is 29.5. The first kappa shape index (κ1) is 28.0. The fourth-order valence-electron chi connectivity index (χ4n) is 4.57. The third-order valence-electron chi connectivity index (χ3n) is 6.63. The lowest BCUT2D eigenvalue weighted by molar-refractivity contribution is -0.136. The maximum atomic E-state index is 15.1. The van der Waals surface area contributed by atoms with Crippen molar-refractivity contribution in [3.8, 4) is 23.0 Å². The van der Waals surface area contributed by atoms with E-state index in [4.69, 9.17) is 14.3 Å². The smallest absolute Gasteiger partial charge is 0.303 e. The average Bonchev–Trinajstić information content (AvgIpc) is 3.58. The molecule has 212 valence electrons. The molecule has 0 saturated heterocycles. The van der Waals surface area contributed by atoms with Crippen LogP contribution in [0.2, 0.25) is 0 Å². The molecule has 0 aliphatic carbocycles. The predicted octanol–water partition coefficient (Wildman–Crippen LogP) is 6.61. The molecule has 12 heteroatoms. The molecular formula is C29H23F3N2O6S. The molecule has 0 aliphatic rings. The molecule has 2 N–H and O–H groups in total. The first-order valence-corrected chi connectivity index (χ1v) is 14.2. The van der Waals surface area contributed by atoms with Gasteiger partial charge in [-0.3, -0.25) is 4.79 Å². The number of fused-ring (bicyclic) bond motifs is 1. The molecule has 41 heavy (non-hydrogen) atoms. The van der Waals surface area contributed by atoms with Crippen molar-refractivity contribution in [2.75, 3.05) is 6.26 Å². The van der Waals surface area contributed by atoms with E-state index in [0.29, 0.717) is 0 Å². The van der Waals surface area contributed by atoms with Crippen LogP contribution in [0, 0.1) is 17.5 Å². The standard InChI is InChI=1S/C29H23F3N2O6S/c1-15(18-5-3-4-16(26(18)32)6-9-25(35)36)24-14-39-29(34-24)20-12-17(7-8-21(20)30)40-27-22(31)13-23-19(10-11-33-23)28(27)41(2,37)38/h3-5,7-8,10-15,33H,6,9H2,1-2H3,(H,35,36)/t15-/m1/s1. The maximum Gasteiger partial charge on any atom is 0.303 e. The quantitative estimate of drug-likeness (QED) is 0.200. The molecule has 0 amide bonds. The number of ether oxygens (including phenoxy) is 1. The van der Waals surface area contributed by atoms with Crippen molar-refractivity contribution in [3.63, 3.8) is 0 Å². The highest BCUT2D eigenvalue weighted by atomic mass is 32.2. The van der Waals surface area contributed by atoms with Gasteiger partial charge in [-0.15, -0.1) is 0 Å². The lowest BCUT2D eigenvalue weighted by Gasteiger charge is -2.13. The number of hydrogen-bond donors (Lipinski definition) is 2. The lowest BCUT2D eigenvalue weighted by atomic mass is 9.94. The Labute approximate surface area is 232 Å². The second-order valence-corrected chi connectivity index (χ2v) is 11.4. The van der Waals surface area contributed by atoms with E-state index in [9.17, 15) is 17.6 Å². The Bertz CT molecular complexity index is 1900. The summed E-state index contributed by atoms with van der Waals surface area (Å²) >= 11 is 0. The monoisotopic (exact) mass is 584 g/mol. The van der Waals surface area contributed by atoms with Crippen LogP contribution in [0.15, 0.2) is 70.3 Å². The molecular weight excluding hydrogens is 561 g/mol. The zero-order valence-corrected chi connectivity index (χ0v) is 22.6. The minimum Gasteiger partial charge on any atom is -0.481 e. The van der Waals surface area contributed by atoms with Gasteiger partial charge < -0.3 is 19.2 Å². The normalized spacial score (nSPS) is 12.5. The Morgan fingerprint density at radius 3 is 2.63 bits per heavy atom. The van der Waals surface area contributed by atoms with Crippen LogP contribution in [-0.2, 0) is 21.1 Å². The molecule has 5 aromatic rings. The van der Waals surface area contributed by atoms with E-state index in [1.54, 1.807) is 19.1 Å². The number of aromatic nitrogens is 2.